The molecule has 1 fully saturated rings. The van der Waals surface area contributed by atoms with Crippen LogP contribution in [0.5, 0.6) is 5.75 Å². The van der Waals surface area contributed by atoms with Crippen molar-refractivity contribution in [3.8, 4) is 5.75 Å². The Labute approximate surface area is 165 Å². The van der Waals surface area contributed by atoms with Gasteiger partial charge in [-0.2, -0.15) is 0 Å². The fourth-order valence-electron chi connectivity index (χ4n) is 3.62. The third-order valence-corrected chi connectivity index (χ3v) is 5.17. The molecular formula is C22H30O6. The second-order valence-electron chi connectivity index (χ2n) is 7.36. The zero-order chi connectivity index (χ0) is 20.4. The molecule has 28 heavy (non-hydrogen) atoms. The standard InChI is InChI=1S/C22H30O6/c23-16(15-28-17-8-4-3-5-9-17)12-13-19-18(20(24)14-21(19)25)10-6-1-2-7-11-22(26)27/h1,3-6,8-9,16,18-20,23-24H,2,7,10-15H2,(H,26,27)/t16-,18-,19-,20+/m1/s1. The monoisotopic (exact) mass is 390 g/mol. The number of carboxylic acid groups (broad SMARTS) is 1. The topological polar surface area (TPSA) is 104 Å². The zero-order valence-corrected chi connectivity index (χ0v) is 16.1. The summed E-state index contributed by atoms with van der Waals surface area (Å²) in [5.74, 6) is -0.469. The van der Waals surface area contributed by atoms with Crippen molar-refractivity contribution >= 4 is 11.8 Å². The van der Waals surface area contributed by atoms with Gasteiger partial charge < -0.3 is 20.1 Å². The molecule has 0 unspecified atom stereocenters. The number of benzene rings is 1. The molecule has 2 rings (SSSR count). The number of hydrogen-bond acceptors (Lipinski definition) is 5. The molecule has 3 N–H and O–H groups in total. The molecule has 0 radical (unpaired) electrons. The smallest absolute Gasteiger partial charge is 0.303 e. The first-order valence-corrected chi connectivity index (χ1v) is 9.91. The molecular weight excluding hydrogens is 360 g/mol. The number of para-hydroxylation sites is 1. The van der Waals surface area contributed by atoms with Gasteiger partial charge in [0.2, 0.25) is 0 Å². The summed E-state index contributed by atoms with van der Waals surface area (Å²) in [5.41, 5.74) is 0. The van der Waals surface area contributed by atoms with Crippen LogP contribution in [-0.2, 0) is 9.59 Å². The Kier molecular flexibility index (Phi) is 9.17. The summed E-state index contributed by atoms with van der Waals surface area (Å²) >= 11 is 0. The lowest BCUT2D eigenvalue weighted by Gasteiger charge is -2.21. The van der Waals surface area contributed by atoms with E-state index in [1.165, 1.54) is 0 Å². The molecule has 4 atom stereocenters. The quantitative estimate of drug-likeness (QED) is 0.374. The molecule has 0 heterocycles. The number of unbranched alkanes of at least 4 members (excludes halogenated alkanes) is 1. The van der Waals surface area contributed by atoms with E-state index in [1.54, 1.807) is 0 Å². The molecule has 0 bridgehead atoms. The second kappa shape index (κ2) is 11.6. The largest absolute Gasteiger partial charge is 0.491 e. The van der Waals surface area contributed by atoms with Crippen molar-refractivity contribution in [2.24, 2.45) is 11.8 Å². The summed E-state index contributed by atoms with van der Waals surface area (Å²) in [6, 6.07) is 9.26. The first kappa shape index (κ1) is 22.1. The summed E-state index contributed by atoms with van der Waals surface area (Å²) in [5, 5.41) is 29.0. The first-order valence-electron chi connectivity index (χ1n) is 9.91. The van der Waals surface area contributed by atoms with E-state index in [9.17, 15) is 19.8 Å². The maximum Gasteiger partial charge on any atom is 0.303 e. The molecule has 0 aliphatic heterocycles. The van der Waals surface area contributed by atoms with E-state index in [4.69, 9.17) is 9.84 Å². The minimum atomic E-state index is -0.805. The highest BCUT2D eigenvalue weighted by Gasteiger charge is 2.40. The average molecular weight is 390 g/mol. The van der Waals surface area contributed by atoms with Gasteiger partial charge in [0, 0.05) is 18.8 Å². The van der Waals surface area contributed by atoms with E-state index < -0.39 is 18.2 Å². The van der Waals surface area contributed by atoms with Crippen LogP contribution in [0.3, 0.4) is 0 Å². The van der Waals surface area contributed by atoms with Crippen molar-refractivity contribution in [1.82, 2.24) is 0 Å². The predicted octanol–water partition coefficient (Wildman–Crippen LogP) is 2.97. The number of rotatable bonds is 12. The van der Waals surface area contributed by atoms with Crippen LogP contribution < -0.4 is 4.74 Å². The predicted molar refractivity (Wildman–Crippen MR) is 105 cm³/mol. The highest BCUT2D eigenvalue weighted by molar-refractivity contribution is 5.84. The minimum absolute atomic E-state index is 0.0490. The van der Waals surface area contributed by atoms with Gasteiger partial charge in [-0.3, -0.25) is 9.59 Å². The lowest BCUT2D eigenvalue weighted by Crippen LogP contribution is -2.24. The van der Waals surface area contributed by atoms with Gasteiger partial charge in [-0.05, 0) is 50.2 Å². The maximum absolute atomic E-state index is 12.2. The number of carboxylic acids is 1. The SMILES string of the molecule is O=C(O)CCCC=CC[C@H]1[C@@H](O)CC(=O)[C@@H]1CC[C@@H](O)COc1ccccc1. The van der Waals surface area contributed by atoms with Crippen LogP contribution in [0.25, 0.3) is 0 Å². The Bertz CT molecular complexity index is 642. The van der Waals surface area contributed by atoms with E-state index in [2.05, 4.69) is 0 Å². The number of carbonyl (C=O) groups is 2. The molecule has 1 aromatic carbocycles. The van der Waals surface area contributed by atoms with Crippen LogP contribution >= 0.6 is 0 Å². The van der Waals surface area contributed by atoms with Crippen LogP contribution in [-0.4, -0.2) is 45.9 Å². The second-order valence-corrected chi connectivity index (χ2v) is 7.36. The molecule has 1 aliphatic carbocycles. The highest BCUT2D eigenvalue weighted by Crippen LogP contribution is 2.35. The van der Waals surface area contributed by atoms with Gasteiger partial charge in [-0.1, -0.05) is 30.4 Å². The van der Waals surface area contributed by atoms with Gasteiger partial charge in [0.15, 0.2) is 0 Å². The number of carbonyl (C=O) groups excluding carboxylic acids is 1. The molecule has 154 valence electrons. The number of allylic oxidation sites excluding steroid dienone is 2. The summed E-state index contributed by atoms with van der Waals surface area (Å²) < 4.78 is 5.54. The van der Waals surface area contributed by atoms with Gasteiger partial charge in [0.1, 0.15) is 18.1 Å². The number of ether oxygens (including phenoxy) is 1. The third-order valence-electron chi connectivity index (χ3n) is 5.17. The Hall–Kier alpha value is -2.18. The van der Waals surface area contributed by atoms with Crippen molar-refractivity contribution in [1.29, 1.82) is 0 Å². The third kappa shape index (κ3) is 7.44. The zero-order valence-electron chi connectivity index (χ0n) is 16.1. The lowest BCUT2D eigenvalue weighted by atomic mass is 9.86. The fraction of sp³-hybridized carbons (Fsp3) is 0.545. The number of aliphatic carboxylic acids is 1. The Morgan fingerprint density at radius 3 is 2.71 bits per heavy atom. The molecule has 1 aromatic rings. The van der Waals surface area contributed by atoms with Gasteiger partial charge in [-0.15, -0.1) is 0 Å². The van der Waals surface area contributed by atoms with Crippen LogP contribution in [0.4, 0.5) is 0 Å². The summed E-state index contributed by atoms with van der Waals surface area (Å²) in [6.45, 7) is 0.168. The van der Waals surface area contributed by atoms with Crippen LogP contribution in [0, 0.1) is 11.8 Å². The molecule has 0 spiro atoms. The van der Waals surface area contributed by atoms with Gasteiger partial charge in [0.25, 0.3) is 0 Å². The number of ketones is 1. The van der Waals surface area contributed by atoms with Crippen LogP contribution in [0.2, 0.25) is 0 Å². The molecule has 0 amide bonds. The van der Waals surface area contributed by atoms with Crippen molar-refractivity contribution in [2.45, 2.75) is 57.2 Å². The van der Waals surface area contributed by atoms with Crippen molar-refractivity contribution in [3.63, 3.8) is 0 Å². The maximum atomic E-state index is 12.2. The number of Topliss-reactive ketones (excluding diaryl/α,β-unsaturated/α-hetero) is 1. The molecule has 6 nitrogen and oxygen atoms in total. The summed E-state index contributed by atoms with van der Waals surface area (Å²) in [7, 11) is 0. The highest BCUT2D eigenvalue weighted by atomic mass is 16.5. The minimum Gasteiger partial charge on any atom is -0.491 e. The van der Waals surface area contributed by atoms with Gasteiger partial charge >= 0.3 is 5.97 Å². The molecule has 6 heteroatoms. The van der Waals surface area contributed by atoms with E-state index in [0.29, 0.717) is 37.9 Å². The normalized spacial score (nSPS) is 23.2. The van der Waals surface area contributed by atoms with E-state index in [-0.39, 0.29) is 37.1 Å². The fourth-order valence-corrected chi connectivity index (χ4v) is 3.62. The molecule has 1 aliphatic rings. The van der Waals surface area contributed by atoms with Crippen LogP contribution in [0.15, 0.2) is 42.5 Å². The Balaban J connectivity index is 1.75. The van der Waals surface area contributed by atoms with E-state index >= 15 is 0 Å². The molecule has 1 saturated carbocycles. The number of aliphatic hydroxyl groups excluding tert-OH is 2. The van der Waals surface area contributed by atoms with E-state index in [0.717, 1.165) is 0 Å². The Morgan fingerprint density at radius 2 is 2.00 bits per heavy atom. The van der Waals surface area contributed by atoms with Crippen molar-refractivity contribution in [2.75, 3.05) is 6.61 Å². The molecule has 0 saturated heterocycles. The summed E-state index contributed by atoms with van der Waals surface area (Å²) in [6.07, 6.45) is 5.62. The first-order chi connectivity index (χ1) is 13.5. The average Bonchev–Trinajstić information content (AvgIpc) is 2.94. The molecule has 0 aromatic heterocycles. The van der Waals surface area contributed by atoms with Crippen LogP contribution in [0.1, 0.15) is 44.9 Å². The van der Waals surface area contributed by atoms with Crippen molar-refractivity contribution < 1.29 is 29.6 Å². The number of aliphatic hydroxyl groups is 2. The van der Waals surface area contributed by atoms with Crippen molar-refractivity contribution in [3.05, 3.63) is 42.5 Å². The summed E-state index contributed by atoms with van der Waals surface area (Å²) in [4.78, 5) is 22.7. The number of hydrogen-bond donors (Lipinski definition) is 3. The lowest BCUT2D eigenvalue weighted by molar-refractivity contribution is -0.137. The van der Waals surface area contributed by atoms with Gasteiger partial charge in [0.05, 0.1) is 12.2 Å². The Morgan fingerprint density at radius 1 is 1.25 bits per heavy atom. The van der Waals surface area contributed by atoms with E-state index in [1.807, 2.05) is 42.5 Å². The van der Waals surface area contributed by atoms with Gasteiger partial charge in [-0.25, -0.2) is 0 Å².